The Balaban J connectivity index is 2.51. The lowest BCUT2D eigenvalue weighted by Gasteiger charge is -2.18. The van der Waals surface area contributed by atoms with Gasteiger partial charge in [0.1, 0.15) is 0 Å². The molecule has 1 aromatic rings. The van der Waals surface area contributed by atoms with Gasteiger partial charge in [-0.05, 0) is 0 Å². The van der Waals surface area contributed by atoms with E-state index in [0.29, 0.717) is 19.7 Å². The number of hydrogen-bond donors (Lipinski definition) is 1. The number of aryl methyl sites for hydroxylation is 1. The summed E-state index contributed by atoms with van der Waals surface area (Å²) in [5.41, 5.74) is 1.000. The average molecular weight is 227 g/mol. The topological polar surface area (TPSA) is 67.6 Å². The molecular weight excluding hydrogens is 210 g/mol. The van der Waals surface area contributed by atoms with E-state index in [9.17, 15) is 4.79 Å². The second-order valence-corrected chi connectivity index (χ2v) is 3.62. The standard InChI is InChI=1S/C10H17N3O3/c1-12-6-9(5-11-12)7-13(3-4-16-2)8-10(14)15/h5-6H,3-4,7-8H2,1-2H3,(H,14,15). The zero-order chi connectivity index (χ0) is 12.0. The van der Waals surface area contributed by atoms with Crippen molar-refractivity contribution in [3.63, 3.8) is 0 Å². The molecule has 16 heavy (non-hydrogen) atoms. The van der Waals surface area contributed by atoms with Crippen LogP contribution in [0.25, 0.3) is 0 Å². The lowest BCUT2D eigenvalue weighted by atomic mass is 10.3. The van der Waals surface area contributed by atoms with Crippen LogP contribution >= 0.6 is 0 Å². The molecule has 1 aromatic heterocycles. The minimum atomic E-state index is -0.833. The number of rotatable bonds is 7. The molecule has 0 aromatic carbocycles. The van der Waals surface area contributed by atoms with Gasteiger partial charge in [-0.3, -0.25) is 14.4 Å². The fourth-order valence-electron chi connectivity index (χ4n) is 1.44. The molecule has 1 heterocycles. The molecule has 0 saturated carbocycles. The number of carbonyl (C=O) groups is 1. The third kappa shape index (κ3) is 4.41. The Morgan fingerprint density at radius 2 is 2.44 bits per heavy atom. The first-order chi connectivity index (χ1) is 7.61. The maximum atomic E-state index is 10.7. The summed E-state index contributed by atoms with van der Waals surface area (Å²) >= 11 is 0. The molecule has 0 spiro atoms. The molecule has 1 rings (SSSR count). The Kier molecular flexibility index (Phi) is 4.94. The van der Waals surface area contributed by atoms with Crippen LogP contribution in [0.4, 0.5) is 0 Å². The van der Waals surface area contributed by atoms with E-state index in [1.807, 2.05) is 18.1 Å². The van der Waals surface area contributed by atoms with Gasteiger partial charge in [0.05, 0.1) is 19.3 Å². The summed E-state index contributed by atoms with van der Waals surface area (Å²) in [6, 6.07) is 0. The number of carboxylic acids is 1. The van der Waals surface area contributed by atoms with Crippen LogP contribution in [0.3, 0.4) is 0 Å². The fraction of sp³-hybridized carbons (Fsp3) is 0.600. The molecule has 6 heteroatoms. The summed E-state index contributed by atoms with van der Waals surface area (Å²) in [5, 5.41) is 12.8. The Hall–Kier alpha value is -1.40. The van der Waals surface area contributed by atoms with Gasteiger partial charge in [0.2, 0.25) is 0 Å². The lowest BCUT2D eigenvalue weighted by Crippen LogP contribution is -2.32. The average Bonchev–Trinajstić information content (AvgIpc) is 2.59. The van der Waals surface area contributed by atoms with E-state index in [1.54, 1.807) is 18.0 Å². The van der Waals surface area contributed by atoms with Gasteiger partial charge in [-0.2, -0.15) is 5.10 Å². The smallest absolute Gasteiger partial charge is 0.317 e. The molecule has 0 unspecified atom stereocenters. The zero-order valence-electron chi connectivity index (χ0n) is 9.59. The van der Waals surface area contributed by atoms with Crippen molar-refractivity contribution in [2.45, 2.75) is 6.54 Å². The summed E-state index contributed by atoms with van der Waals surface area (Å²) in [4.78, 5) is 12.5. The van der Waals surface area contributed by atoms with Crippen molar-refractivity contribution in [3.05, 3.63) is 18.0 Å². The Labute approximate surface area is 94.4 Å². The highest BCUT2D eigenvalue weighted by atomic mass is 16.5. The summed E-state index contributed by atoms with van der Waals surface area (Å²) in [6.45, 7) is 1.70. The van der Waals surface area contributed by atoms with Crippen molar-refractivity contribution in [2.75, 3.05) is 26.8 Å². The Bertz CT molecular complexity index is 338. The summed E-state index contributed by atoms with van der Waals surface area (Å²) < 4.78 is 6.64. The number of methoxy groups -OCH3 is 1. The lowest BCUT2D eigenvalue weighted by molar-refractivity contribution is -0.138. The van der Waals surface area contributed by atoms with Crippen molar-refractivity contribution >= 4 is 5.97 Å². The quantitative estimate of drug-likeness (QED) is 0.707. The third-order valence-corrected chi connectivity index (χ3v) is 2.14. The fourth-order valence-corrected chi connectivity index (χ4v) is 1.44. The number of carboxylic acid groups (broad SMARTS) is 1. The zero-order valence-corrected chi connectivity index (χ0v) is 9.59. The molecule has 6 nitrogen and oxygen atoms in total. The van der Waals surface area contributed by atoms with E-state index in [0.717, 1.165) is 5.56 Å². The molecule has 0 radical (unpaired) electrons. The van der Waals surface area contributed by atoms with Crippen LogP contribution in [0.15, 0.2) is 12.4 Å². The van der Waals surface area contributed by atoms with Gasteiger partial charge >= 0.3 is 5.97 Å². The predicted octanol–water partition coefficient (Wildman–Crippen LogP) is -0.0469. The summed E-state index contributed by atoms with van der Waals surface area (Å²) in [7, 11) is 3.43. The number of nitrogens with zero attached hydrogens (tertiary/aromatic N) is 3. The highest BCUT2D eigenvalue weighted by Crippen LogP contribution is 2.02. The van der Waals surface area contributed by atoms with Crippen LogP contribution < -0.4 is 0 Å². The van der Waals surface area contributed by atoms with Crippen LogP contribution in [-0.2, 0) is 23.1 Å². The number of ether oxygens (including phenoxy) is 1. The van der Waals surface area contributed by atoms with Crippen molar-refractivity contribution < 1.29 is 14.6 Å². The molecule has 0 fully saturated rings. The van der Waals surface area contributed by atoms with Crippen molar-refractivity contribution in [1.29, 1.82) is 0 Å². The predicted molar refractivity (Wildman–Crippen MR) is 58.0 cm³/mol. The number of aromatic nitrogens is 2. The van der Waals surface area contributed by atoms with Gasteiger partial charge in [0.25, 0.3) is 0 Å². The molecule has 0 saturated heterocycles. The van der Waals surface area contributed by atoms with E-state index < -0.39 is 5.97 Å². The first-order valence-electron chi connectivity index (χ1n) is 5.02. The van der Waals surface area contributed by atoms with Crippen molar-refractivity contribution in [2.24, 2.45) is 7.05 Å². The van der Waals surface area contributed by atoms with Gasteiger partial charge in [-0.25, -0.2) is 0 Å². The minimum Gasteiger partial charge on any atom is -0.480 e. The molecule has 90 valence electrons. The van der Waals surface area contributed by atoms with E-state index in [-0.39, 0.29) is 6.54 Å². The maximum Gasteiger partial charge on any atom is 0.317 e. The largest absolute Gasteiger partial charge is 0.480 e. The van der Waals surface area contributed by atoms with Gasteiger partial charge in [0.15, 0.2) is 0 Å². The van der Waals surface area contributed by atoms with Gasteiger partial charge in [-0.1, -0.05) is 0 Å². The monoisotopic (exact) mass is 227 g/mol. The Morgan fingerprint density at radius 1 is 1.69 bits per heavy atom. The SMILES string of the molecule is COCCN(CC(=O)O)Cc1cnn(C)c1. The summed E-state index contributed by atoms with van der Waals surface area (Å²) in [5.74, 6) is -0.833. The number of hydrogen-bond acceptors (Lipinski definition) is 4. The van der Waals surface area contributed by atoms with Gasteiger partial charge in [-0.15, -0.1) is 0 Å². The Morgan fingerprint density at radius 3 is 2.94 bits per heavy atom. The first kappa shape index (κ1) is 12.7. The van der Waals surface area contributed by atoms with Crippen molar-refractivity contribution in [3.8, 4) is 0 Å². The van der Waals surface area contributed by atoms with Crippen LogP contribution in [0.5, 0.6) is 0 Å². The normalized spacial score (nSPS) is 10.9. The van der Waals surface area contributed by atoms with E-state index >= 15 is 0 Å². The van der Waals surface area contributed by atoms with Crippen LogP contribution in [-0.4, -0.2) is 52.6 Å². The third-order valence-electron chi connectivity index (χ3n) is 2.14. The second-order valence-electron chi connectivity index (χ2n) is 3.62. The molecule has 0 atom stereocenters. The highest BCUT2D eigenvalue weighted by Gasteiger charge is 2.10. The first-order valence-corrected chi connectivity index (χ1v) is 5.02. The summed E-state index contributed by atoms with van der Waals surface area (Å²) in [6.07, 6.45) is 3.61. The van der Waals surface area contributed by atoms with Gasteiger partial charge in [0, 0.05) is 39.0 Å². The molecule has 0 bridgehead atoms. The van der Waals surface area contributed by atoms with E-state index in [1.165, 1.54) is 0 Å². The van der Waals surface area contributed by atoms with Crippen LogP contribution in [0.2, 0.25) is 0 Å². The maximum absolute atomic E-state index is 10.7. The van der Waals surface area contributed by atoms with Crippen molar-refractivity contribution in [1.82, 2.24) is 14.7 Å². The molecule has 0 aliphatic heterocycles. The number of aliphatic carboxylic acids is 1. The van der Waals surface area contributed by atoms with E-state index in [2.05, 4.69) is 5.10 Å². The van der Waals surface area contributed by atoms with Crippen LogP contribution in [0.1, 0.15) is 5.56 Å². The van der Waals surface area contributed by atoms with Gasteiger partial charge < -0.3 is 9.84 Å². The molecule has 0 amide bonds. The second kappa shape index (κ2) is 6.24. The van der Waals surface area contributed by atoms with E-state index in [4.69, 9.17) is 9.84 Å². The van der Waals surface area contributed by atoms with Crippen LogP contribution in [0, 0.1) is 0 Å². The molecule has 0 aliphatic carbocycles. The minimum absolute atomic E-state index is 0.0122. The molecule has 1 N–H and O–H groups in total. The molecular formula is C10H17N3O3. The molecule has 0 aliphatic rings. The highest BCUT2D eigenvalue weighted by molar-refractivity contribution is 5.69.